The van der Waals surface area contributed by atoms with Crippen molar-refractivity contribution in [3.63, 3.8) is 0 Å². The second-order valence-electron chi connectivity index (χ2n) is 4.87. The van der Waals surface area contributed by atoms with E-state index in [9.17, 15) is 0 Å². The second-order valence-corrected chi connectivity index (χ2v) is 4.87. The van der Waals surface area contributed by atoms with Gasteiger partial charge in [-0.15, -0.1) is 0 Å². The molecular weight excluding hydrogens is 200 g/mol. The van der Waals surface area contributed by atoms with Crippen LogP contribution < -0.4 is 5.32 Å². The first-order chi connectivity index (χ1) is 7.79. The molecule has 1 aliphatic carbocycles. The van der Waals surface area contributed by atoms with Gasteiger partial charge in [-0.1, -0.05) is 31.3 Å². The normalized spacial score (nSPS) is 25.9. The lowest BCUT2D eigenvalue weighted by Crippen LogP contribution is -2.37. The summed E-state index contributed by atoms with van der Waals surface area (Å²) < 4.78 is 5.07. The number of aromatic nitrogens is 1. The van der Waals surface area contributed by atoms with Crippen molar-refractivity contribution in [2.75, 3.05) is 0 Å². The molecule has 1 aromatic heterocycles. The fraction of sp³-hybridized carbons (Fsp3) is 0.769. The summed E-state index contributed by atoms with van der Waals surface area (Å²) in [6.45, 7) is 5.08. The van der Waals surface area contributed by atoms with Crippen LogP contribution in [0.4, 0.5) is 0 Å². The standard InChI is InChI=1S/C13H22N2O/c1-3-11-6-4-5-7-13(11)14-9-12-8-10(2)16-15-12/h8,11,13-14H,3-7,9H2,1-2H3. The fourth-order valence-corrected chi connectivity index (χ4v) is 2.70. The molecule has 1 saturated carbocycles. The minimum absolute atomic E-state index is 0.677. The third kappa shape index (κ3) is 2.85. The molecule has 0 aliphatic heterocycles. The summed E-state index contributed by atoms with van der Waals surface area (Å²) in [5.74, 6) is 1.74. The van der Waals surface area contributed by atoms with E-state index < -0.39 is 0 Å². The van der Waals surface area contributed by atoms with Crippen molar-refractivity contribution in [1.29, 1.82) is 0 Å². The van der Waals surface area contributed by atoms with Gasteiger partial charge in [-0.2, -0.15) is 0 Å². The molecular formula is C13H22N2O. The van der Waals surface area contributed by atoms with Crippen molar-refractivity contribution in [1.82, 2.24) is 10.5 Å². The Bertz CT molecular complexity index is 321. The van der Waals surface area contributed by atoms with E-state index in [1.807, 2.05) is 13.0 Å². The van der Waals surface area contributed by atoms with Crippen molar-refractivity contribution >= 4 is 0 Å². The number of hydrogen-bond acceptors (Lipinski definition) is 3. The molecule has 1 heterocycles. The summed E-state index contributed by atoms with van der Waals surface area (Å²) in [6.07, 6.45) is 6.75. The Balaban J connectivity index is 1.84. The maximum atomic E-state index is 5.07. The molecule has 16 heavy (non-hydrogen) atoms. The van der Waals surface area contributed by atoms with Crippen LogP contribution >= 0.6 is 0 Å². The first-order valence-electron chi connectivity index (χ1n) is 6.45. The van der Waals surface area contributed by atoms with Crippen LogP contribution in [0.1, 0.15) is 50.5 Å². The molecule has 0 saturated heterocycles. The monoisotopic (exact) mass is 222 g/mol. The van der Waals surface area contributed by atoms with Gasteiger partial charge in [0.15, 0.2) is 0 Å². The third-order valence-electron chi connectivity index (χ3n) is 3.66. The van der Waals surface area contributed by atoms with Gasteiger partial charge >= 0.3 is 0 Å². The lowest BCUT2D eigenvalue weighted by atomic mass is 9.83. The molecule has 90 valence electrons. The Labute approximate surface area is 97.6 Å². The second kappa shape index (κ2) is 5.48. The number of nitrogens with one attached hydrogen (secondary N) is 1. The van der Waals surface area contributed by atoms with E-state index in [1.54, 1.807) is 0 Å². The largest absolute Gasteiger partial charge is 0.361 e. The zero-order valence-electron chi connectivity index (χ0n) is 10.3. The van der Waals surface area contributed by atoms with Gasteiger partial charge in [-0.25, -0.2) is 0 Å². The minimum Gasteiger partial charge on any atom is -0.361 e. The Morgan fingerprint density at radius 1 is 1.44 bits per heavy atom. The zero-order chi connectivity index (χ0) is 11.4. The van der Waals surface area contributed by atoms with E-state index in [0.717, 1.165) is 23.9 Å². The average molecular weight is 222 g/mol. The summed E-state index contributed by atoms with van der Waals surface area (Å²) in [6, 6.07) is 2.69. The number of aryl methyl sites for hydroxylation is 1. The van der Waals surface area contributed by atoms with Gasteiger partial charge in [0.2, 0.25) is 0 Å². The van der Waals surface area contributed by atoms with Gasteiger partial charge < -0.3 is 9.84 Å². The van der Waals surface area contributed by atoms with Gasteiger partial charge in [0, 0.05) is 18.7 Å². The van der Waals surface area contributed by atoms with E-state index in [4.69, 9.17) is 4.52 Å². The van der Waals surface area contributed by atoms with Crippen LogP contribution in [0.2, 0.25) is 0 Å². The van der Waals surface area contributed by atoms with Gasteiger partial charge in [0.1, 0.15) is 5.76 Å². The maximum absolute atomic E-state index is 5.07. The van der Waals surface area contributed by atoms with Crippen molar-refractivity contribution < 1.29 is 4.52 Å². The summed E-state index contributed by atoms with van der Waals surface area (Å²) in [5.41, 5.74) is 1.03. The predicted molar refractivity (Wildman–Crippen MR) is 64.1 cm³/mol. The Morgan fingerprint density at radius 2 is 2.25 bits per heavy atom. The Morgan fingerprint density at radius 3 is 2.94 bits per heavy atom. The highest BCUT2D eigenvalue weighted by Gasteiger charge is 2.23. The first-order valence-corrected chi connectivity index (χ1v) is 6.45. The van der Waals surface area contributed by atoms with E-state index in [1.165, 1.54) is 32.1 Å². The quantitative estimate of drug-likeness (QED) is 0.851. The van der Waals surface area contributed by atoms with Crippen LogP contribution in [0.3, 0.4) is 0 Å². The summed E-state index contributed by atoms with van der Waals surface area (Å²) in [7, 11) is 0. The van der Waals surface area contributed by atoms with Crippen LogP contribution in [0, 0.1) is 12.8 Å². The van der Waals surface area contributed by atoms with E-state index in [2.05, 4.69) is 17.4 Å². The Hall–Kier alpha value is -0.830. The van der Waals surface area contributed by atoms with Crippen LogP contribution in [-0.2, 0) is 6.54 Å². The first kappa shape index (κ1) is 11.6. The Kier molecular flexibility index (Phi) is 3.99. The van der Waals surface area contributed by atoms with Gasteiger partial charge in [0.05, 0.1) is 5.69 Å². The SMILES string of the molecule is CCC1CCCCC1NCc1cc(C)on1. The van der Waals surface area contributed by atoms with Crippen molar-refractivity contribution in [3.8, 4) is 0 Å². The molecule has 3 heteroatoms. The molecule has 2 rings (SSSR count). The molecule has 1 aromatic rings. The molecule has 0 aromatic carbocycles. The fourth-order valence-electron chi connectivity index (χ4n) is 2.70. The highest BCUT2D eigenvalue weighted by atomic mass is 16.5. The number of rotatable bonds is 4. The van der Waals surface area contributed by atoms with Crippen LogP contribution in [-0.4, -0.2) is 11.2 Å². The van der Waals surface area contributed by atoms with E-state index in [-0.39, 0.29) is 0 Å². The maximum Gasteiger partial charge on any atom is 0.133 e. The number of hydrogen-bond donors (Lipinski definition) is 1. The lowest BCUT2D eigenvalue weighted by Gasteiger charge is -2.31. The summed E-state index contributed by atoms with van der Waals surface area (Å²) >= 11 is 0. The summed E-state index contributed by atoms with van der Waals surface area (Å²) in [4.78, 5) is 0. The average Bonchev–Trinajstić information content (AvgIpc) is 2.73. The van der Waals surface area contributed by atoms with E-state index in [0.29, 0.717) is 6.04 Å². The predicted octanol–water partition coefficient (Wildman–Crippen LogP) is 3.04. The summed E-state index contributed by atoms with van der Waals surface area (Å²) in [5, 5.41) is 7.64. The molecule has 3 nitrogen and oxygen atoms in total. The van der Waals surface area contributed by atoms with Gasteiger partial charge in [-0.05, 0) is 25.7 Å². The van der Waals surface area contributed by atoms with Gasteiger partial charge in [-0.3, -0.25) is 0 Å². The topological polar surface area (TPSA) is 38.1 Å². The molecule has 0 spiro atoms. The van der Waals surface area contributed by atoms with Crippen molar-refractivity contribution in [2.45, 2.75) is 58.5 Å². The molecule has 0 radical (unpaired) electrons. The van der Waals surface area contributed by atoms with Crippen molar-refractivity contribution in [3.05, 3.63) is 17.5 Å². The highest BCUT2D eigenvalue weighted by molar-refractivity contribution is 5.03. The third-order valence-corrected chi connectivity index (χ3v) is 3.66. The zero-order valence-corrected chi connectivity index (χ0v) is 10.3. The molecule has 0 amide bonds. The van der Waals surface area contributed by atoms with Gasteiger partial charge in [0.25, 0.3) is 0 Å². The molecule has 1 fully saturated rings. The van der Waals surface area contributed by atoms with Crippen LogP contribution in [0.25, 0.3) is 0 Å². The minimum atomic E-state index is 0.677. The van der Waals surface area contributed by atoms with Crippen molar-refractivity contribution in [2.24, 2.45) is 5.92 Å². The molecule has 1 aliphatic rings. The van der Waals surface area contributed by atoms with Crippen LogP contribution in [0.5, 0.6) is 0 Å². The number of nitrogens with zero attached hydrogens (tertiary/aromatic N) is 1. The van der Waals surface area contributed by atoms with Crippen LogP contribution in [0.15, 0.2) is 10.6 Å². The molecule has 2 unspecified atom stereocenters. The molecule has 2 atom stereocenters. The smallest absolute Gasteiger partial charge is 0.133 e. The van der Waals surface area contributed by atoms with E-state index >= 15 is 0 Å². The highest BCUT2D eigenvalue weighted by Crippen LogP contribution is 2.26. The lowest BCUT2D eigenvalue weighted by molar-refractivity contribution is 0.252. The molecule has 0 bridgehead atoms. The molecule has 1 N–H and O–H groups in total.